The van der Waals surface area contributed by atoms with Gasteiger partial charge in [0.05, 0.1) is 0 Å². The van der Waals surface area contributed by atoms with Crippen molar-refractivity contribution in [3.63, 3.8) is 0 Å². The first-order chi connectivity index (χ1) is 3.81. The van der Waals surface area contributed by atoms with E-state index >= 15 is 0 Å². The number of rotatable bonds is 3. The second-order valence-corrected chi connectivity index (χ2v) is 1.40. The fourth-order valence-corrected chi connectivity index (χ4v) is 0.376. The summed E-state index contributed by atoms with van der Waals surface area (Å²) < 4.78 is 4.56. The normalized spacial score (nSPS) is 10.2. The summed E-state index contributed by atoms with van der Waals surface area (Å²) in [4.78, 5) is 10.4. The molecule has 0 spiro atoms. The Hall–Kier alpha value is -0.630. The Morgan fingerprint density at radius 1 is 1.75 bits per heavy atom. The lowest BCUT2D eigenvalue weighted by molar-refractivity contribution is -0.118. The van der Waals surface area contributed by atoms with Crippen molar-refractivity contribution in [3.8, 4) is 0 Å². The summed E-state index contributed by atoms with van der Waals surface area (Å²) >= 11 is 0. The van der Waals surface area contributed by atoms with Crippen molar-refractivity contribution in [2.24, 2.45) is 0 Å². The summed E-state index contributed by atoms with van der Waals surface area (Å²) in [6.45, 7) is 1.98. The SMILES string of the molecule is C/C=C\C(=O)COC. The van der Waals surface area contributed by atoms with Gasteiger partial charge in [0.25, 0.3) is 0 Å². The van der Waals surface area contributed by atoms with E-state index in [1.54, 1.807) is 13.0 Å². The number of hydrogen-bond acceptors (Lipinski definition) is 2. The van der Waals surface area contributed by atoms with E-state index in [0.29, 0.717) is 0 Å². The Kier molecular flexibility index (Phi) is 4.17. The van der Waals surface area contributed by atoms with Crippen molar-refractivity contribution in [2.45, 2.75) is 6.92 Å². The average Bonchev–Trinajstić information content (AvgIpc) is 1.68. The van der Waals surface area contributed by atoms with Crippen LogP contribution in [0.15, 0.2) is 12.2 Å². The number of ketones is 1. The number of allylic oxidation sites excluding steroid dienone is 1. The predicted molar refractivity (Wildman–Crippen MR) is 31.7 cm³/mol. The topological polar surface area (TPSA) is 26.3 Å². The van der Waals surface area contributed by atoms with Crippen LogP contribution in [0.1, 0.15) is 6.92 Å². The largest absolute Gasteiger partial charge is 0.377 e. The zero-order valence-electron chi connectivity index (χ0n) is 5.18. The number of carbonyl (C=O) groups is 1. The fraction of sp³-hybridized carbons (Fsp3) is 0.500. The molecule has 46 valence electrons. The van der Waals surface area contributed by atoms with Crippen LogP contribution in [0.25, 0.3) is 0 Å². The minimum absolute atomic E-state index is 0.00926. The Bertz CT molecular complexity index is 94.7. The molecule has 0 fully saturated rings. The Labute approximate surface area is 49.1 Å². The van der Waals surface area contributed by atoms with Gasteiger partial charge < -0.3 is 4.74 Å². The molecule has 0 aliphatic rings. The molecule has 0 N–H and O–H groups in total. The van der Waals surface area contributed by atoms with Gasteiger partial charge in [-0.25, -0.2) is 0 Å². The van der Waals surface area contributed by atoms with Crippen molar-refractivity contribution in [1.29, 1.82) is 0 Å². The van der Waals surface area contributed by atoms with Crippen LogP contribution in [-0.4, -0.2) is 19.5 Å². The molecule has 0 aliphatic heterocycles. The van der Waals surface area contributed by atoms with Crippen LogP contribution in [0.3, 0.4) is 0 Å². The molecule has 8 heavy (non-hydrogen) atoms. The standard InChI is InChI=1S/C6H10O2/c1-3-4-6(7)5-8-2/h3-4H,5H2,1-2H3/b4-3-. The third-order valence-electron chi connectivity index (χ3n) is 0.639. The van der Waals surface area contributed by atoms with Crippen LogP contribution in [0.4, 0.5) is 0 Å². The second-order valence-electron chi connectivity index (χ2n) is 1.40. The molecule has 0 heterocycles. The first-order valence-corrected chi connectivity index (χ1v) is 2.45. The molecular formula is C6H10O2. The quantitative estimate of drug-likeness (QED) is 0.507. The molecular weight excluding hydrogens is 104 g/mol. The maximum Gasteiger partial charge on any atom is 0.180 e. The lowest BCUT2D eigenvalue weighted by atomic mass is 10.4. The Morgan fingerprint density at radius 3 is 2.75 bits per heavy atom. The highest BCUT2D eigenvalue weighted by Gasteiger charge is 1.89. The van der Waals surface area contributed by atoms with Crippen LogP contribution >= 0.6 is 0 Å². The van der Waals surface area contributed by atoms with Crippen molar-refractivity contribution in [3.05, 3.63) is 12.2 Å². The van der Waals surface area contributed by atoms with Crippen molar-refractivity contribution < 1.29 is 9.53 Å². The molecule has 0 rings (SSSR count). The highest BCUT2D eigenvalue weighted by molar-refractivity contribution is 5.90. The van der Waals surface area contributed by atoms with E-state index in [1.807, 2.05) is 0 Å². The van der Waals surface area contributed by atoms with Gasteiger partial charge in [0, 0.05) is 7.11 Å². The molecule has 0 atom stereocenters. The molecule has 0 aromatic carbocycles. The molecule has 0 aliphatic carbocycles. The lowest BCUT2D eigenvalue weighted by Gasteiger charge is -1.87. The zero-order chi connectivity index (χ0) is 6.41. The molecule has 0 aromatic heterocycles. The summed E-state index contributed by atoms with van der Waals surface area (Å²) in [6, 6.07) is 0. The maximum absolute atomic E-state index is 10.4. The summed E-state index contributed by atoms with van der Waals surface area (Å²) in [5, 5.41) is 0. The van der Waals surface area contributed by atoms with Gasteiger partial charge in [-0.3, -0.25) is 4.79 Å². The van der Waals surface area contributed by atoms with Gasteiger partial charge in [-0.2, -0.15) is 0 Å². The zero-order valence-corrected chi connectivity index (χ0v) is 5.18. The van der Waals surface area contributed by atoms with Gasteiger partial charge in [-0.1, -0.05) is 6.08 Å². The van der Waals surface area contributed by atoms with E-state index in [9.17, 15) is 4.79 Å². The fourth-order valence-electron chi connectivity index (χ4n) is 0.376. The number of hydrogen-bond donors (Lipinski definition) is 0. The van der Waals surface area contributed by atoms with Crippen LogP contribution in [0, 0.1) is 0 Å². The van der Waals surface area contributed by atoms with E-state index in [-0.39, 0.29) is 12.4 Å². The van der Waals surface area contributed by atoms with Crippen molar-refractivity contribution in [1.82, 2.24) is 0 Å². The van der Waals surface area contributed by atoms with Crippen LogP contribution in [0.5, 0.6) is 0 Å². The van der Waals surface area contributed by atoms with Gasteiger partial charge in [0.2, 0.25) is 0 Å². The maximum atomic E-state index is 10.4. The molecule has 0 radical (unpaired) electrons. The summed E-state index contributed by atoms with van der Waals surface area (Å²) in [6.07, 6.45) is 3.19. The van der Waals surface area contributed by atoms with E-state index in [0.717, 1.165) is 0 Å². The smallest absolute Gasteiger partial charge is 0.180 e. The molecule has 2 nitrogen and oxygen atoms in total. The first-order valence-electron chi connectivity index (χ1n) is 2.45. The van der Waals surface area contributed by atoms with Gasteiger partial charge >= 0.3 is 0 Å². The summed E-state index contributed by atoms with van der Waals surface area (Å²) in [5.74, 6) is 0.00926. The summed E-state index contributed by atoms with van der Waals surface area (Å²) in [7, 11) is 1.50. The van der Waals surface area contributed by atoms with Crippen LogP contribution in [-0.2, 0) is 9.53 Å². The van der Waals surface area contributed by atoms with Gasteiger partial charge in [0.15, 0.2) is 5.78 Å². The highest BCUT2D eigenvalue weighted by atomic mass is 16.5. The third-order valence-corrected chi connectivity index (χ3v) is 0.639. The van der Waals surface area contributed by atoms with Crippen LogP contribution in [0.2, 0.25) is 0 Å². The monoisotopic (exact) mass is 114 g/mol. The Morgan fingerprint density at radius 2 is 2.38 bits per heavy atom. The van der Waals surface area contributed by atoms with Gasteiger partial charge in [-0.05, 0) is 13.0 Å². The summed E-state index contributed by atoms with van der Waals surface area (Å²) in [5.41, 5.74) is 0. The third kappa shape index (κ3) is 3.56. The number of ether oxygens (including phenoxy) is 1. The van der Waals surface area contributed by atoms with E-state index < -0.39 is 0 Å². The van der Waals surface area contributed by atoms with E-state index in [1.165, 1.54) is 13.2 Å². The molecule has 0 aromatic rings. The molecule has 0 saturated heterocycles. The first kappa shape index (κ1) is 7.37. The van der Waals surface area contributed by atoms with Gasteiger partial charge in [0.1, 0.15) is 6.61 Å². The number of methoxy groups -OCH3 is 1. The van der Waals surface area contributed by atoms with Gasteiger partial charge in [-0.15, -0.1) is 0 Å². The molecule has 0 amide bonds. The minimum Gasteiger partial charge on any atom is -0.377 e. The minimum atomic E-state index is 0.00926. The molecule has 0 saturated carbocycles. The predicted octanol–water partition coefficient (Wildman–Crippen LogP) is 0.778. The average molecular weight is 114 g/mol. The molecule has 0 unspecified atom stereocenters. The van der Waals surface area contributed by atoms with Crippen LogP contribution < -0.4 is 0 Å². The van der Waals surface area contributed by atoms with E-state index in [4.69, 9.17) is 0 Å². The number of carbonyl (C=O) groups excluding carboxylic acids is 1. The van der Waals surface area contributed by atoms with Crippen molar-refractivity contribution >= 4 is 5.78 Å². The molecule has 0 bridgehead atoms. The second kappa shape index (κ2) is 4.53. The van der Waals surface area contributed by atoms with E-state index in [2.05, 4.69) is 4.74 Å². The highest BCUT2D eigenvalue weighted by Crippen LogP contribution is 1.75. The molecule has 2 heteroatoms. The lowest BCUT2D eigenvalue weighted by Crippen LogP contribution is -2.01. The Balaban J connectivity index is 3.33. The van der Waals surface area contributed by atoms with Crippen molar-refractivity contribution in [2.75, 3.05) is 13.7 Å².